The molecule has 0 radical (unpaired) electrons. The summed E-state index contributed by atoms with van der Waals surface area (Å²) in [7, 11) is -1.83. The van der Waals surface area contributed by atoms with E-state index in [0.29, 0.717) is 12.2 Å². The summed E-state index contributed by atoms with van der Waals surface area (Å²) in [6.07, 6.45) is 3.75. The molecule has 0 N–H and O–H groups in total. The van der Waals surface area contributed by atoms with Crippen LogP contribution in [-0.2, 0) is 9.22 Å². The van der Waals surface area contributed by atoms with Crippen LogP contribution in [0, 0.1) is 11.3 Å². The third kappa shape index (κ3) is 3.12. The minimum Gasteiger partial charge on any atom is -0.413 e. The number of ketones is 1. The van der Waals surface area contributed by atoms with Crippen molar-refractivity contribution < 1.29 is 9.22 Å². The van der Waals surface area contributed by atoms with Gasteiger partial charge in [0, 0.05) is 12.3 Å². The quantitative estimate of drug-likeness (QED) is 0.496. The first kappa shape index (κ1) is 17.9. The molecule has 0 unspecified atom stereocenters. The van der Waals surface area contributed by atoms with E-state index in [-0.39, 0.29) is 22.5 Å². The van der Waals surface area contributed by atoms with E-state index >= 15 is 0 Å². The van der Waals surface area contributed by atoms with Crippen molar-refractivity contribution in [2.75, 3.05) is 0 Å². The van der Waals surface area contributed by atoms with Gasteiger partial charge in [0.2, 0.25) is 0 Å². The molecule has 1 saturated carbocycles. The number of rotatable bonds is 2. The molecule has 0 saturated heterocycles. The van der Waals surface area contributed by atoms with Crippen molar-refractivity contribution in [2.45, 2.75) is 91.5 Å². The van der Waals surface area contributed by atoms with Gasteiger partial charge in [-0.25, -0.2) is 0 Å². The van der Waals surface area contributed by atoms with E-state index in [9.17, 15) is 4.79 Å². The SMILES string of the molecule is CC1=C2C[C@H](O[Si](C)(C)C(C)(C)C)CC(=O)[C@@H](CC1)C2(C)C. The van der Waals surface area contributed by atoms with E-state index in [0.717, 1.165) is 19.3 Å². The molecule has 0 amide bonds. The van der Waals surface area contributed by atoms with Crippen molar-refractivity contribution in [3.8, 4) is 0 Å². The molecule has 2 rings (SSSR count). The van der Waals surface area contributed by atoms with Gasteiger partial charge in [0.05, 0.1) is 6.10 Å². The van der Waals surface area contributed by atoms with Crippen molar-refractivity contribution in [2.24, 2.45) is 11.3 Å². The highest BCUT2D eigenvalue weighted by atomic mass is 28.4. The van der Waals surface area contributed by atoms with Crippen LogP contribution in [0.4, 0.5) is 0 Å². The predicted molar refractivity (Wildman–Crippen MR) is 95.5 cm³/mol. The normalized spacial score (nSPS) is 29.5. The Morgan fingerprint density at radius 2 is 1.77 bits per heavy atom. The number of hydrogen-bond donors (Lipinski definition) is 0. The molecule has 1 fully saturated rings. The monoisotopic (exact) mass is 322 g/mol. The second-order valence-corrected chi connectivity index (χ2v) is 14.2. The average molecular weight is 323 g/mol. The Kier molecular flexibility index (Phi) is 4.56. The third-order valence-electron chi connectivity index (χ3n) is 6.49. The van der Waals surface area contributed by atoms with Gasteiger partial charge >= 0.3 is 0 Å². The van der Waals surface area contributed by atoms with E-state index in [4.69, 9.17) is 4.43 Å². The molecular weight excluding hydrogens is 288 g/mol. The van der Waals surface area contributed by atoms with Gasteiger partial charge < -0.3 is 4.43 Å². The maximum absolute atomic E-state index is 12.8. The van der Waals surface area contributed by atoms with Crippen LogP contribution in [-0.4, -0.2) is 20.2 Å². The Morgan fingerprint density at radius 3 is 2.32 bits per heavy atom. The van der Waals surface area contributed by atoms with Gasteiger partial charge in [0.25, 0.3) is 0 Å². The van der Waals surface area contributed by atoms with Gasteiger partial charge in [-0.05, 0) is 49.7 Å². The molecular formula is C19H34O2Si. The lowest BCUT2D eigenvalue weighted by Gasteiger charge is -2.41. The highest BCUT2D eigenvalue weighted by molar-refractivity contribution is 6.74. The molecule has 2 aliphatic rings. The van der Waals surface area contributed by atoms with Crippen LogP contribution in [0.5, 0.6) is 0 Å². The average Bonchev–Trinajstić information content (AvgIpc) is 2.36. The first-order valence-corrected chi connectivity index (χ1v) is 11.7. The smallest absolute Gasteiger partial charge is 0.192 e. The van der Waals surface area contributed by atoms with E-state index in [1.807, 2.05) is 0 Å². The van der Waals surface area contributed by atoms with Crippen LogP contribution in [0.3, 0.4) is 0 Å². The molecule has 2 atom stereocenters. The molecule has 22 heavy (non-hydrogen) atoms. The van der Waals surface area contributed by atoms with Crippen LogP contribution in [0.2, 0.25) is 18.1 Å². The number of carbonyl (C=O) groups excluding carboxylic acids is 1. The summed E-state index contributed by atoms with van der Waals surface area (Å²) < 4.78 is 6.63. The Bertz CT molecular complexity index is 494. The Hall–Kier alpha value is -0.413. The Labute approximate surface area is 137 Å². The minimum absolute atomic E-state index is 0.0188. The van der Waals surface area contributed by atoms with Crippen LogP contribution < -0.4 is 0 Å². The fraction of sp³-hybridized carbons (Fsp3) is 0.842. The van der Waals surface area contributed by atoms with Crippen molar-refractivity contribution in [1.82, 2.24) is 0 Å². The lowest BCUT2D eigenvalue weighted by Crippen LogP contribution is -2.44. The van der Waals surface area contributed by atoms with E-state index < -0.39 is 8.32 Å². The Morgan fingerprint density at radius 1 is 1.18 bits per heavy atom. The zero-order valence-corrected chi connectivity index (χ0v) is 16.8. The maximum Gasteiger partial charge on any atom is 0.192 e. The zero-order chi connectivity index (χ0) is 16.9. The molecule has 0 aromatic rings. The van der Waals surface area contributed by atoms with Gasteiger partial charge in [0.1, 0.15) is 5.78 Å². The molecule has 3 heteroatoms. The summed E-state index contributed by atoms with van der Waals surface area (Å²) in [6, 6.07) is 0. The fourth-order valence-electron chi connectivity index (χ4n) is 3.98. The molecule has 2 bridgehead atoms. The topological polar surface area (TPSA) is 26.3 Å². The van der Waals surface area contributed by atoms with Crippen molar-refractivity contribution in [3.05, 3.63) is 11.1 Å². The molecule has 0 heterocycles. The molecule has 0 aromatic carbocycles. The summed E-state index contributed by atoms with van der Waals surface area (Å²) in [4.78, 5) is 12.8. The molecule has 0 spiro atoms. The first-order valence-electron chi connectivity index (χ1n) is 8.76. The van der Waals surface area contributed by atoms with E-state index in [1.165, 1.54) is 11.1 Å². The summed E-state index contributed by atoms with van der Waals surface area (Å²) in [5.74, 6) is 0.621. The number of allylic oxidation sites excluding steroid dienone is 1. The van der Waals surface area contributed by atoms with Gasteiger partial charge in [-0.3, -0.25) is 4.79 Å². The standard InChI is InChI=1S/C19H34O2Si/c1-13-9-10-15-17(20)12-14(11-16(13)19(15,5)6)21-22(7,8)18(2,3)4/h14-15H,9-12H2,1-8H3/t14-,15+/m0/s1. The summed E-state index contributed by atoms with van der Waals surface area (Å²) >= 11 is 0. The lowest BCUT2D eigenvalue weighted by molar-refractivity contribution is -0.126. The second kappa shape index (κ2) is 5.59. The molecule has 0 aromatic heterocycles. The van der Waals surface area contributed by atoms with Crippen molar-refractivity contribution in [3.63, 3.8) is 0 Å². The summed E-state index contributed by atoms with van der Waals surface area (Å²) in [5, 5.41) is 0.191. The largest absolute Gasteiger partial charge is 0.413 e. The minimum atomic E-state index is -1.83. The number of carbonyl (C=O) groups is 1. The highest BCUT2D eigenvalue weighted by Crippen LogP contribution is 2.50. The molecule has 2 aliphatic carbocycles. The van der Waals surface area contributed by atoms with Crippen LogP contribution >= 0.6 is 0 Å². The third-order valence-corrected chi connectivity index (χ3v) is 11.0. The summed E-state index contributed by atoms with van der Waals surface area (Å²) in [5.41, 5.74) is 3.02. The van der Waals surface area contributed by atoms with Gasteiger partial charge in [-0.15, -0.1) is 0 Å². The number of hydrogen-bond acceptors (Lipinski definition) is 2. The predicted octanol–water partition coefficient (Wildman–Crippen LogP) is 5.49. The molecule has 0 aliphatic heterocycles. The van der Waals surface area contributed by atoms with Crippen molar-refractivity contribution in [1.29, 1.82) is 0 Å². The summed E-state index contributed by atoms with van der Waals surface area (Å²) in [6.45, 7) is 18.2. The van der Waals surface area contributed by atoms with Crippen LogP contribution in [0.1, 0.15) is 67.2 Å². The van der Waals surface area contributed by atoms with Crippen LogP contribution in [0.15, 0.2) is 11.1 Å². The van der Waals surface area contributed by atoms with Gasteiger partial charge in [-0.1, -0.05) is 45.8 Å². The lowest BCUT2D eigenvalue weighted by atomic mass is 9.64. The van der Waals surface area contributed by atoms with Crippen molar-refractivity contribution >= 4 is 14.1 Å². The second-order valence-electron chi connectivity index (χ2n) is 9.45. The molecule has 2 nitrogen and oxygen atoms in total. The molecule has 126 valence electrons. The van der Waals surface area contributed by atoms with E-state index in [2.05, 4.69) is 54.6 Å². The van der Waals surface area contributed by atoms with Gasteiger partial charge in [0.15, 0.2) is 8.32 Å². The zero-order valence-electron chi connectivity index (χ0n) is 15.8. The van der Waals surface area contributed by atoms with Crippen LogP contribution in [0.25, 0.3) is 0 Å². The van der Waals surface area contributed by atoms with Gasteiger partial charge in [-0.2, -0.15) is 0 Å². The first-order chi connectivity index (χ1) is 9.86. The highest BCUT2D eigenvalue weighted by Gasteiger charge is 2.47. The Balaban J connectivity index is 2.31. The maximum atomic E-state index is 12.8. The number of fused-ring (bicyclic) bond motifs is 2. The number of Topliss-reactive ketones (excluding diaryl/α,β-unsaturated/α-hetero) is 1. The van der Waals surface area contributed by atoms with E-state index in [1.54, 1.807) is 0 Å². The fourth-order valence-corrected chi connectivity index (χ4v) is 5.33.